The predicted octanol–water partition coefficient (Wildman–Crippen LogP) is 0.370. The summed E-state index contributed by atoms with van der Waals surface area (Å²) in [6.07, 6.45) is 2.01. The van der Waals surface area contributed by atoms with Gasteiger partial charge in [-0.05, 0) is 33.6 Å². The number of carbonyl (C=O) groups excluding carboxylic acids is 1. The molecule has 0 saturated carbocycles. The minimum Gasteiger partial charge on any atom is -0.480 e. The Bertz CT molecular complexity index is 501. The van der Waals surface area contributed by atoms with Gasteiger partial charge in [0.1, 0.15) is 6.54 Å². The molecule has 0 aromatic carbocycles. The first-order chi connectivity index (χ1) is 9.43. The van der Waals surface area contributed by atoms with Gasteiger partial charge in [0.05, 0.1) is 6.26 Å². The van der Waals surface area contributed by atoms with E-state index in [0.29, 0.717) is 25.9 Å². The van der Waals surface area contributed by atoms with Crippen molar-refractivity contribution in [2.75, 3.05) is 25.9 Å². The van der Waals surface area contributed by atoms with Crippen LogP contribution in [0.15, 0.2) is 0 Å². The van der Waals surface area contributed by atoms with Crippen LogP contribution in [0.1, 0.15) is 33.6 Å². The minimum atomic E-state index is -3.23. The molecule has 1 aliphatic rings. The van der Waals surface area contributed by atoms with Crippen LogP contribution in [-0.4, -0.2) is 66.0 Å². The van der Waals surface area contributed by atoms with E-state index in [2.05, 4.69) is 0 Å². The number of sulfonamides is 1. The first kappa shape index (κ1) is 17.9. The number of hydrogen-bond donors (Lipinski definition) is 1. The number of aliphatic carboxylic acids is 1. The first-order valence-corrected chi connectivity index (χ1v) is 8.76. The van der Waals surface area contributed by atoms with Crippen molar-refractivity contribution in [2.45, 2.75) is 39.2 Å². The minimum absolute atomic E-state index is 0.210. The van der Waals surface area contributed by atoms with Crippen molar-refractivity contribution >= 4 is 21.9 Å². The van der Waals surface area contributed by atoms with Gasteiger partial charge in [0.25, 0.3) is 0 Å². The van der Waals surface area contributed by atoms with Crippen LogP contribution in [0, 0.1) is 5.92 Å². The molecule has 1 fully saturated rings. The highest BCUT2D eigenvalue weighted by Crippen LogP contribution is 2.24. The second-order valence-electron chi connectivity index (χ2n) is 6.43. The van der Waals surface area contributed by atoms with Crippen LogP contribution < -0.4 is 0 Å². The molecule has 1 aliphatic heterocycles. The van der Waals surface area contributed by atoms with Gasteiger partial charge in [-0.25, -0.2) is 12.7 Å². The van der Waals surface area contributed by atoms with Gasteiger partial charge in [-0.2, -0.15) is 0 Å². The number of amides is 1. The van der Waals surface area contributed by atoms with Crippen molar-refractivity contribution in [3.05, 3.63) is 0 Å². The molecule has 0 aromatic heterocycles. The summed E-state index contributed by atoms with van der Waals surface area (Å²) in [7, 11) is -3.23. The van der Waals surface area contributed by atoms with E-state index in [1.165, 1.54) is 9.21 Å². The quantitative estimate of drug-likeness (QED) is 0.807. The van der Waals surface area contributed by atoms with Gasteiger partial charge < -0.3 is 10.0 Å². The number of hydrogen-bond acceptors (Lipinski definition) is 4. The number of piperidine rings is 1. The third kappa shape index (κ3) is 4.96. The summed E-state index contributed by atoms with van der Waals surface area (Å²) in [4.78, 5) is 24.8. The zero-order chi connectivity index (χ0) is 16.4. The summed E-state index contributed by atoms with van der Waals surface area (Å²) in [5, 5.41) is 8.96. The molecule has 0 atom stereocenters. The monoisotopic (exact) mass is 320 g/mol. The molecular formula is C13H24N2O5S. The van der Waals surface area contributed by atoms with E-state index in [0.717, 1.165) is 6.26 Å². The Balaban J connectivity index is 2.77. The van der Waals surface area contributed by atoms with Crippen molar-refractivity contribution in [3.8, 4) is 0 Å². The fourth-order valence-corrected chi connectivity index (χ4v) is 3.31. The van der Waals surface area contributed by atoms with E-state index in [1.807, 2.05) is 0 Å². The van der Waals surface area contributed by atoms with Crippen molar-refractivity contribution < 1.29 is 23.1 Å². The van der Waals surface area contributed by atoms with Crippen LogP contribution >= 0.6 is 0 Å². The van der Waals surface area contributed by atoms with Crippen molar-refractivity contribution in [1.29, 1.82) is 0 Å². The molecule has 21 heavy (non-hydrogen) atoms. The van der Waals surface area contributed by atoms with Crippen molar-refractivity contribution in [1.82, 2.24) is 9.21 Å². The van der Waals surface area contributed by atoms with Crippen molar-refractivity contribution in [3.63, 3.8) is 0 Å². The summed E-state index contributed by atoms with van der Waals surface area (Å²) in [5.74, 6) is -1.58. The molecule has 1 rings (SSSR count). The van der Waals surface area contributed by atoms with E-state index >= 15 is 0 Å². The molecule has 1 saturated heterocycles. The lowest BCUT2D eigenvalue weighted by Gasteiger charge is -2.39. The molecule has 8 heteroatoms. The van der Waals surface area contributed by atoms with Crippen LogP contribution in [0.3, 0.4) is 0 Å². The maximum atomic E-state index is 12.5. The standard InChI is InChI=1S/C13H24N2O5S/c1-13(2,3)15(9-11(16)17)12(18)10-5-7-14(8-6-10)21(4,19)20/h10H,5-9H2,1-4H3,(H,16,17). The number of nitrogens with zero attached hydrogens (tertiary/aromatic N) is 2. The summed E-state index contributed by atoms with van der Waals surface area (Å²) >= 11 is 0. The van der Waals surface area contributed by atoms with Gasteiger partial charge in [0.2, 0.25) is 15.9 Å². The highest BCUT2D eigenvalue weighted by atomic mass is 32.2. The molecule has 0 aromatic rings. The second kappa shape index (κ2) is 6.31. The molecule has 1 amide bonds. The first-order valence-electron chi connectivity index (χ1n) is 6.91. The smallest absolute Gasteiger partial charge is 0.323 e. The molecule has 0 spiro atoms. The average Bonchev–Trinajstić information content (AvgIpc) is 2.33. The summed E-state index contributed by atoms with van der Waals surface area (Å²) in [5.41, 5.74) is -0.580. The predicted molar refractivity (Wildman–Crippen MR) is 78.2 cm³/mol. The topological polar surface area (TPSA) is 95.0 Å². The molecule has 0 radical (unpaired) electrons. The zero-order valence-corrected chi connectivity index (χ0v) is 13.8. The van der Waals surface area contributed by atoms with Crippen LogP contribution in [0.5, 0.6) is 0 Å². The Morgan fingerprint density at radius 2 is 1.71 bits per heavy atom. The molecule has 1 heterocycles. The third-order valence-electron chi connectivity index (χ3n) is 3.64. The van der Waals surface area contributed by atoms with E-state index in [9.17, 15) is 18.0 Å². The van der Waals surface area contributed by atoms with E-state index < -0.39 is 21.5 Å². The maximum Gasteiger partial charge on any atom is 0.323 e. The SMILES string of the molecule is CC(C)(C)N(CC(=O)O)C(=O)C1CCN(S(C)(=O)=O)CC1. The molecule has 1 N–H and O–H groups in total. The van der Waals surface area contributed by atoms with Gasteiger partial charge >= 0.3 is 5.97 Å². The third-order valence-corrected chi connectivity index (χ3v) is 4.94. The molecular weight excluding hydrogens is 296 g/mol. The molecule has 7 nitrogen and oxygen atoms in total. The fraction of sp³-hybridized carbons (Fsp3) is 0.846. The highest BCUT2D eigenvalue weighted by Gasteiger charge is 2.36. The summed E-state index contributed by atoms with van der Waals surface area (Å²) in [6, 6.07) is 0. The van der Waals surface area contributed by atoms with Gasteiger partial charge in [0, 0.05) is 24.5 Å². The average molecular weight is 320 g/mol. The maximum absolute atomic E-state index is 12.5. The Morgan fingerprint density at radius 1 is 1.24 bits per heavy atom. The lowest BCUT2D eigenvalue weighted by molar-refractivity contribution is -0.151. The largest absolute Gasteiger partial charge is 0.480 e. The highest BCUT2D eigenvalue weighted by molar-refractivity contribution is 7.88. The molecule has 122 valence electrons. The Labute approximate surface area is 126 Å². The second-order valence-corrected chi connectivity index (χ2v) is 8.41. The lowest BCUT2D eigenvalue weighted by Crippen LogP contribution is -2.52. The van der Waals surface area contributed by atoms with Gasteiger partial charge in [-0.15, -0.1) is 0 Å². The summed E-state index contributed by atoms with van der Waals surface area (Å²) < 4.78 is 24.3. The van der Waals surface area contributed by atoms with Crippen LogP contribution in [-0.2, 0) is 19.6 Å². The van der Waals surface area contributed by atoms with E-state index in [4.69, 9.17) is 5.11 Å². The van der Waals surface area contributed by atoms with Gasteiger partial charge in [0.15, 0.2) is 0 Å². The lowest BCUT2D eigenvalue weighted by atomic mass is 9.94. The summed E-state index contributed by atoms with van der Waals surface area (Å²) in [6.45, 7) is 5.65. The number of carboxylic acids is 1. The number of carbonyl (C=O) groups is 2. The van der Waals surface area contributed by atoms with Crippen molar-refractivity contribution in [2.24, 2.45) is 5.92 Å². The van der Waals surface area contributed by atoms with Gasteiger partial charge in [-0.1, -0.05) is 0 Å². The van der Waals surface area contributed by atoms with Crippen LogP contribution in [0.4, 0.5) is 0 Å². The molecule has 0 unspecified atom stereocenters. The van der Waals surface area contributed by atoms with Crippen LogP contribution in [0.2, 0.25) is 0 Å². The Morgan fingerprint density at radius 3 is 2.05 bits per heavy atom. The zero-order valence-electron chi connectivity index (χ0n) is 13.0. The number of carboxylic acid groups (broad SMARTS) is 1. The fourth-order valence-electron chi connectivity index (χ4n) is 2.44. The van der Waals surface area contributed by atoms with E-state index in [1.54, 1.807) is 20.8 Å². The Hall–Kier alpha value is -1.15. The molecule has 0 aliphatic carbocycles. The van der Waals surface area contributed by atoms with Gasteiger partial charge in [-0.3, -0.25) is 9.59 Å². The molecule has 0 bridgehead atoms. The van der Waals surface area contributed by atoms with E-state index in [-0.39, 0.29) is 18.4 Å². The number of rotatable bonds is 4. The normalized spacial score (nSPS) is 18.5. The Kier molecular flexibility index (Phi) is 5.38. The van der Waals surface area contributed by atoms with Crippen LogP contribution in [0.25, 0.3) is 0 Å².